The van der Waals surface area contributed by atoms with Crippen LogP contribution in [0.2, 0.25) is 0 Å². The minimum atomic E-state index is -3.48. The lowest BCUT2D eigenvalue weighted by Gasteiger charge is -2.38. The second-order valence-corrected chi connectivity index (χ2v) is 6.83. The van der Waals surface area contributed by atoms with Crippen molar-refractivity contribution in [2.24, 2.45) is 0 Å². The van der Waals surface area contributed by atoms with Gasteiger partial charge in [-0.15, -0.1) is 0 Å². The van der Waals surface area contributed by atoms with Crippen LogP contribution in [0.1, 0.15) is 37.7 Å². The van der Waals surface area contributed by atoms with Crippen LogP contribution in [-0.2, 0) is 16.6 Å². The highest BCUT2D eigenvalue weighted by Crippen LogP contribution is 2.33. The molecule has 1 heterocycles. The van der Waals surface area contributed by atoms with Crippen LogP contribution in [0.4, 0.5) is 0 Å². The Morgan fingerprint density at radius 1 is 1.44 bits per heavy atom. The summed E-state index contributed by atoms with van der Waals surface area (Å²) in [6.45, 7) is 4.14. The molecule has 1 fully saturated rings. The highest BCUT2D eigenvalue weighted by atomic mass is 32.2. The van der Waals surface area contributed by atoms with E-state index in [9.17, 15) is 8.42 Å². The van der Waals surface area contributed by atoms with Gasteiger partial charge in [-0.25, -0.2) is 13.1 Å². The second kappa shape index (κ2) is 4.68. The van der Waals surface area contributed by atoms with Gasteiger partial charge in [-0.3, -0.25) is 0 Å². The molecule has 1 aliphatic rings. The largest absolute Gasteiger partial charge is 0.464 e. The molecule has 1 saturated carbocycles. The van der Waals surface area contributed by atoms with Gasteiger partial charge in [0.2, 0.25) is 10.0 Å². The van der Waals surface area contributed by atoms with Gasteiger partial charge in [0.1, 0.15) is 16.4 Å². The summed E-state index contributed by atoms with van der Waals surface area (Å²) in [7, 11) is -1.69. The van der Waals surface area contributed by atoms with Gasteiger partial charge < -0.3 is 9.73 Å². The lowest BCUT2D eigenvalue weighted by atomic mass is 9.80. The highest BCUT2D eigenvalue weighted by molar-refractivity contribution is 7.89. The summed E-state index contributed by atoms with van der Waals surface area (Å²) in [5.41, 5.74) is -0.286. The van der Waals surface area contributed by atoms with Gasteiger partial charge in [-0.05, 0) is 40.2 Å². The summed E-state index contributed by atoms with van der Waals surface area (Å²) in [6.07, 6.45) is 2.87. The van der Waals surface area contributed by atoms with Crippen LogP contribution in [-0.4, -0.2) is 21.0 Å². The van der Waals surface area contributed by atoms with Crippen molar-refractivity contribution in [2.75, 3.05) is 7.05 Å². The third-order valence-corrected chi connectivity index (χ3v) is 5.15. The van der Waals surface area contributed by atoms with E-state index in [1.807, 2.05) is 6.92 Å². The smallest absolute Gasteiger partial charge is 0.244 e. The SMILES string of the molecule is CNCc1cc(S(=O)(=O)NC2(C)CCC2)c(C)o1. The number of rotatable bonds is 5. The van der Waals surface area contributed by atoms with Crippen LogP contribution in [0.25, 0.3) is 0 Å². The van der Waals surface area contributed by atoms with Gasteiger partial charge in [0.15, 0.2) is 0 Å². The zero-order chi connectivity index (χ0) is 13.4. The third kappa shape index (κ3) is 2.60. The lowest BCUT2D eigenvalue weighted by Crippen LogP contribution is -2.50. The van der Waals surface area contributed by atoms with Crippen LogP contribution in [0.5, 0.6) is 0 Å². The molecule has 0 saturated heterocycles. The zero-order valence-electron chi connectivity index (χ0n) is 11.0. The fourth-order valence-corrected chi connectivity index (χ4v) is 3.91. The maximum atomic E-state index is 12.3. The second-order valence-electron chi connectivity index (χ2n) is 5.18. The first-order valence-corrected chi connectivity index (χ1v) is 7.62. The Morgan fingerprint density at radius 3 is 2.61 bits per heavy atom. The number of hydrogen-bond donors (Lipinski definition) is 2. The molecule has 2 rings (SSSR count). The van der Waals surface area contributed by atoms with E-state index < -0.39 is 10.0 Å². The standard InChI is InChI=1S/C12H20N2O3S/c1-9-11(7-10(17-9)8-13-3)18(15,16)14-12(2)5-4-6-12/h7,13-14H,4-6,8H2,1-3H3. The topological polar surface area (TPSA) is 71.3 Å². The minimum absolute atomic E-state index is 0.251. The number of sulfonamides is 1. The zero-order valence-corrected chi connectivity index (χ0v) is 11.9. The molecule has 0 aliphatic heterocycles. The Morgan fingerprint density at radius 2 is 2.11 bits per heavy atom. The van der Waals surface area contributed by atoms with Gasteiger partial charge in [0.05, 0.1) is 6.54 Å². The average molecular weight is 272 g/mol. The van der Waals surface area contributed by atoms with Crippen LogP contribution >= 0.6 is 0 Å². The first-order chi connectivity index (χ1) is 8.36. The van der Waals surface area contributed by atoms with Gasteiger partial charge in [0, 0.05) is 11.6 Å². The molecule has 2 N–H and O–H groups in total. The molecule has 0 aromatic carbocycles. The normalized spacial score (nSPS) is 18.6. The van der Waals surface area contributed by atoms with Crippen molar-refractivity contribution in [3.05, 3.63) is 17.6 Å². The number of furan rings is 1. The molecule has 0 spiro atoms. The fourth-order valence-electron chi connectivity index (χ4n) is 2.24. The Bertz CT molecular complexity index is 530. The van der Waals surface area contributed by atoms with Crippen molar-refractivity contribution in [2.45, 2.75) is 50.1 Å². The van der Waals surface area contributed by atoms with E-state index in [2.05, 4.69) is 10.0 Å². The van der Waals surface area contributed by atoms with Crippen LogP contribution < -0.4 is 10.0 Å². The molecule has 6 heteroatoms. The van der Waals surface area contributed by atoms with Crippen molar-refractivity contribution >= 4 is 10.0 Å². The van der Waals surface area contributed by atoms with Crippen molar-refractivity contribution in [3.63, 3.8) is 0 Å². The molecule has 0 atom stereocenters. The average Bonchev–Trinajstić information content (AvgIpc) is 2.58. The first kappa shape index (κ1) is 13.6. The molecule has 1 aromatic rings. The Labute approximate surface area is 108 Å². The number of hydrogen-bond acceptors (Lipinski definition) is 4. The lowest BCUT2D eigenvalue weighted by molar-refractivity contribution is 0.248. The van der Waals surface area contributed by atoms with Gasteiger partial charge >= 0.3 is 0 Å². The van der Waals surface area contributed by atoms with E-state index in [1.165, 1.54) is 0 Å². The molecule has 1 aromatic heterocycles. The van der Waals surface area contributed by atoms with Crippen LogP contribution in [0.15, 0.2) is 15.4 Å². The molecule has 0 bridgehead atoms. The summed E-state index contributed by atoms with van der Waals surface area (Å²) in [5.74, 6) is 1.07. The summed E-state index contributed by atoms with van der Waals surface area (Å²) >= 11 is 0. The summed E-state index contributed by atoms with van der Waals surface area (Å²) in [6, 6.07) is 1.59. The van der Waals surface area contributed by atoms with Crippen LogP contribution in [0, 0.1) is 6.92 Å². The molecule has 18 heavy (non-hydrogen) atoms. The molecular formula is C12H20N2O3S. The molecule has 0 amide bonds. The van der Waals surface area contributed by atoms with E-state index >= 15 is 0 Å². The monoisotopic (exact) mass is 272 g/mol. The van der Waals surface area contributed by atoms with Crippen molar-refractivity contribution < 1.29 is 12.8 Å². The van der Waals surface area contributed by atoms with E-state index in [0.717, 1.165) is 19.3 Å². The number of nitrogens with one attached hydrogen (secondary N) is 2. The number of aryl methyl sites for hydroxylation is 1. The Balaban J connectivity index is 2.23. The van der Waals surface area contributed by atoms with Crippen molar-refractivity contribution in [1.82, 2.24) is 10.0 Å². The molecule has 5 nitrogen and oxygen atoms in total. The van der Waals surface area contributed by atoms with Gasteiger partial charge in [-0.2, -0.15) is 0 Å². The summed E-state index contributed by atoms with van der Waals surface area (Å²) < 4.78 is 32.8. The minimum Gasteiger partial charge on any atom is -0.464 e. The van der Waals surface area contributed by atoms with Crippen molar-refractivity contribution in [3.8, 4) is 0 Å². The Kier molecular flexibility index (Phi) is 3.53. The Hall–Kier alpha value is -0.850. The fraction of sp³-hybridized carbons (Fsp3) is 0.667. The predicted octanol–water partition coefficient (Wildman–Crippen LogP) is 1.53. The molecule has 0 radical (unpaired) electrons. The molecule has 0 unspecified atom stereocenters. The van der Waals surface area contributed by atoms with Gasteiger partial charge in [-0.1, -0.05) is 0 Å². The van der Waals surface area contributed by atoms with Gasteiger partial charge in [0.25, 0.3) is 0 Å². The van der Waals surface area contributed by atoms with E-state index in [1.54, 1.807) is 20.0 Å². The maximum Gasteiger partial charge on any atom is 0.244 e. The van der Waals surface area contributed by atoms with E-state index in [0.29, 0.717) is 18.1 Å². The molecule has 1 aliphatic carbocycles. The summed E-state index contributed by atoms with van der Waals surface area (Å²) in [5, 5.41) is 2.94. The quantitative estimate of drug-likeness (QED) is 0.852. The predicted molar refractivity (Wildman–Crippen MR) is 68.8 cm³/mol. The molecule has 102 valence electrons. The van der Waals surface area contributed by atoms with Crippen molar-refractivity contribution in [1.29, 1.82) is 0 Å². The highest BCUT2D eigenvalue weighted by Gasteiger charge is 2.37. The summed E-state index contributed by atoms with van der Waals surface area (Å²) in [4.78, 5) is 0.251. The van der Waals surface area contributed by atoms with E-state index in [-0.39, 0.29) is 10.4 Å². The first-order valence-electron chi connectivity index (χ1n) is 6.14. The third-order valence-electron chi connectivity index (χ3n) is 3.40. The van der Waals surface area contributed by atoms with Crippen LogP contribution in [0.3, 0.4) is 0 Å². The maximum absolute atomic E-state index is 12.3. The molecular weight excluding hydrogens is 252 g/mol. The van der Waals surface area contributed by atoms with E-state index in [4.69, 9.17) is 4.42 Å².